The van der Waals surface area contributed by atoms with Crippen molar-refractivity contribution in [3.05, 3.63) is 0 Å². The van der Waals surface area contributed by atoms with E-state index in [9.17, 15) is 4.79 Å². The second-order valence-electron chi connectivity index (χ2n) is 2.84. The molecule has 0 aromatic heterocycles. The highest BCUT2D eigenvalue weighted by molar-refractivity contribution is 5.81. The molecule has 0 aliphatic carbocycles. The molecule has 0 saturated carbocycles. The largest absolute Gasteiger partial charge is 0.478 e. The molecule has 0 bridgehead atoms. The van der Waals surface area contributed by atoms with Crippen LogP contribution in [0, 0.1) is 11.3 Å². The number of rotatable bonds is 6. The molecule has 0 fully saturated rings. The third-order valence-corrected chi connectivity index (χ3v) is 1.68. The van der Waals surface area contributed by atoms with E-state index in [-0.39, 0.29) is 6.42 Å². The number of carboxylic acids is 1. The zero-order valence-corrected chi connectivity index (χ0v) is 8.04. The van der Waals surface area contributed by atoms with Crippen LogP contribution in [0.2, 0.25) is 0 Å². The van der Waals surface area contributed by atoms with Gasteiger partial charge in [0.2, 0.25) is 0 Å². The Labute approximate surface area is 78.1 Å². The first-order chi connectivity index (χ1) is 6.13. The Balaban J connectivity index is 4.47. The van der Waals surface area contributed by atoms with E-state index in [4.69, 9.17) is 15.1 Å². The van der Waals surface area contributed by atoms with Crippen molar-refractivity contribution in [1.82, 2.24) is 0 Å². The van der Waals surface area contributed by atoms with Crippen molar-refractivity contribution in [1.29, 1.82) is 5.26 Å². The smallest absolute Gasteiger partial charge is 0.351 e. The van der Waals surface area contributed by atoms with E-state index in [2.05, 4.69) is 0 Å². The minimum Gasteiger partial charge on any atom is -0.478 e. The molecular formula is C9H15NO3. The van der Waals surface area contributed by atoms with E-state index in [0.717, 1.165) is 0 Å². The predicted molar refractivity (Wildman–Crippen MR) is 47.1 cm³/mol. The first-order valence-electron chi connectivity index (χ1n) is 4.41. The third-order valence-electron chi connectivity index (χ3n) is 1.68. The molecule has 0 heterocycles. The Hall–Kier alpha value is -1.08. The Morgan fingerprint density at radius 2 is 2.15 bits per heavy atom. The van der Waals surface area contributed by atoms with Crippen molar-refractivity contribution < 1.29 is 14.6 Å². The summed E-state index contributed by atoms with van der Waals surface area (Å²) in [5, 5.41) is 17.6. The summed E-state index contributed by atoms with van der Waals surface area (Å²) < 4.78 is 5.07. The van der Waals surface area contributed by atoms with E-state index < -0.39 is 11.6 Å². The van der Waals surface area contributed by atoms with Gasteiger partial charge in [0.1, 0.15) is 6.07 Å². The fraction of sp³-hybridized carbons (Fsp3) is 0.778. The number of aliphatic carboxylic acids is 1. The number of nitrogens with zero attached hydrogens (tertiary/aromatic N) is 1. The maximum absolute atomic E-state index is 10.8. The van der Waals surface area contributed by atoms with E-state index in [1.54, 1.807) is 6.07 Å². The molecule has 1 atom stereocenters. The van der Waals surface area contributed by atoms with Gasteiger partial charge in [-0.05, 0) is 6.42 Å². The maximum Gasteiger partial charge on any atom is 0.351 e. The summed E-state index contributed by atoms with van der Waals surface area (Å²) in [6, 6.07) is 1.73. The highest BCUT2D eigenvalue weighted by Gasteiger charge is 2.38. The first-order valence-corrected chi connectivity index (χ1v) is 4.41. The molecule has 0 aliphatic heterocycles. The van der Waals surface area contributed by atoms with Gasteiger partial charge in [-0.3, -0.25) is 0 Å². The standard InChI is InChI=1S/C9H15NO3/c1-3-5-9(7-10,8(11)12)13-6-4-2/h3-6H2,1-2H3,(H,11,12). The van der Waals surface area contributed by atoms with Crippen molar-refractivity contribution in [3.8, 4) is 6.07 Å². The van der Waals surface area contributed by atoms with Crippen LogP contribution in [-0.2, 0) is 9.53 Å². The summed E-state index contributed by atoms with van der Waals surface area (Å²) in [6.07, 6.45) is 1.56. The van der Waals surface area contributed by atoms with Gasteiger partial charge in [-0.2, -0.15) is 5.26 Å². The molecule has 0 aromatic rings. The van der Waals surface area contributed by atoms with Gasteiger partial charge in [-0.25, -0.2) is 4.79 Å². The van der Waals surface area contributed by atoms with Gasteiger partial charge in [-0.1, -0.05) is 20.3 Å². The molecule has 0 saturated heterocycles. The van der Waals surface area contributed by atoms with Crippen LogP contribution in [0.15, 0.2) is 0 Å². The number of hydrogen-bond acceptors (Lipinski definition) is 3. The lowest BCUT2D eigenvalue weighted by Crippen LogP contribution is -2.40. The van der Waals surface area contributed by atoms with Crippen LogP contribution in [0.5, 0.6) is 0 Å². The average molecular weight is 185 g/mol. The normalized spacial score (nSPS) is 14.5. The fourth-order valence-electron chi connectivity index (χ4n) is 1.01. The van der Waals surface area contributed by atoms with Gasteiger partial charge in [0.15, 0.2) is 0 Å². The number of hydrogen-bond donors (Lipinski definition) is 1. The second-order valence-corrected chi connectivity index (χ2v) is 2.84. The molecule has 1 N–H and O–H groups in total. The number of ether oxygens (including phenoxy) is 1. The van der Waals surface area contributed by atoms with Crippen LogP contribution in [0.3, 0.4) is 0 Å². The van der Waals surface area contributed by atoms with E-state index in [1.807, 2.05) is 13.8 Å². The highest BCUT2D eigenvalue weighted by Crippen LogP contribution is 2.18. The van der Waals surface area contributed by atoms with Crippen molar-refractivity contribution in [2.24, 2.45) is 0 Å². The Kier molecular flexibility index (Phi) is 5.09. The summed E-state index contributed by atoms with van der Waals surface area (Å²) in [4.78, 5) is 10.8. The molecule has 0 aromatic carbocycles. The van der Waals surface area contributed by atoms with Crippen LogP contribution in [-0.4, -0.2) is 23.3 Å². The average Bonchev–Trinajstić information content (AvgIpc) is 2.12. The van der Waals surface area contributed by atoms with Crippen LogP contribution in [0.1, 0.15) is 33.1 Å². The van der Waals surface area contributed by atoms with E-state index >= 15 is 0 Å². The monoisotopic (exact) mass is 185 g/mol. The quantitative estimate of drug-likeness (QED) is 0.681. The molecule has 13 heavy (non-hydrogen) atoms. The number of carbonyl (C=O) groups is 1. The van der Waals surface area contributed by atoms with E-state index in [0.29, 0.717) is 19.4 Å². The van der Waals surface area contributed by atoms with Gasteiger partial charge in [-0.15, -0.1) is 0 Å². The van der Waals surface area contributed by atoms with Gasteiger partial charge >= 0.3 is 5.97 Å². The lowest BCUT2D eigenvalue weighted by Gasteiger charge is -2.21. The first kappa shape index (κ1) is 11.9. The van der Waals surface area contributed by atoms with Crippen LogP contribution in [0.25, 0.3) is 0 Å². The second kappa shape index (κ2) is 5.55. The van der Waals surface area contributed by atoms with Gasteiger partial charge in [0.25, 0.3) is 5.60 Å². The summed E-state index contributed by atoms with van der Waals surface area (Å²) in [6.45, 7) is 4.00. The lowest BCUT2D eigenvalue weighted by atomic mass is 10.00. The van der Waals surface area contributed by atoms with Gasteiger partial charge < -0.3 is 9.84 Å². The third kappa shape index (κ3) is 3.03. The summed E-state index contributed by atoms with van der Waals surface area (Å²) >= 11 is 0. The Morgan fingerprint density at radius 3 is 2.46 bits per heavy atom. The molecule has 74 valence electrons. The molecule has 0 rings (SSSR count). The van der Waals surface area contributed by atoms with Crippen LogP contribution in [0.4, 0.5) is 0 Å². The molecule has 4 heteroatoms. The van der Waals surface area contributed by atoms with Crippen molar-refractivity contribution in [2.45, 2.75) is 38.7 Å². The summed E-state index contributed by atoms with van der Waals surface area (Å²) in [5.74, 6) is -1.19. The Bertz CT molecular complexity index is 209. The number of carboxylic acid groups (broad SMARTS) is 1. The minimum atomic E-state index is -1.63. The Morgan fingerprint density at radius 1 is 1.54 bits per heavy atom. The molecule has 0 spiro atoms. The molecular weight excluding hydrogens is 170 g/mol. The molecule has 0 amide bonds. The van der Waals surface area contributed by atoms with Gasteiger partial charge in [0, 0.05) is 13.0 Å². The molecule has 4 nitrogen and oxygen atoms in total. The molecule has 0 aliphatic rings. The van der Waals surface area contributed by atoms with Crippen molar-refractivity contribution in [3.63, 3.8) is 0 Å². The van der Waals surface area contributed by atoms with Crippen molar-refractivity contribution in [2.75, 3.05) is 6.61 Å². The van der Waals surface area contributed by atoms with Gasteiger partial charge in [0.05, 0.1) is 0 Å². The SMILES string of the molecule is CCCOC(C#N)(CCC)C(=O)O. The molecule has 0 radical (unpaired) electrons. The minimum absolute atomic E-state index is 0.235. The van der Waals surface area contributed by atoms with Crippen LogP contribution >= 0.6 is 0 Å². The lowest BCUT2D eigenvalue weighted by molar-refractivity contribution is -0.159. The number of nitriles is 1. The highest BCUT2D eigenvalue weighted by atomic mass is 16.5. The fourth-order valence-corrected chi connectivity index (χ4v) is 1.01. The summed E-state index contributed by atoms with van der Waals surface area (Å²) in [7, 11) is 0. The zero-order valence-electron chi connectivity index (χ0n) is 8.04. The molecule has 1 unspecified atom stereocenters. The van der Waals surface area contributed by atoms with E-state index in [1.165, 1.54) is 0 Å². The maximum atomic E-state index is 10.8. The summed E-state index contributed by atoms with van der Waals surface area (Å²) in [5.41, 5.74) is -1.63. The predicted octanol–water partition coefficient (Wildman–Crippen LogP) is 1.56. The zero-order chi connectivity index (χ0) is 10.3. The van der Waals surface area contributed by atoms with Crippen molar-refractivity contribution >= 4 is 5.97 Å². The van der Waals surface area contributed by atoms with Crippen LogP contribution < -0.4 is 0 Å². The topological polar surface area (TPSA) is 70.3 Å².